The molecule has 144 valence electrons. The second-order valence-electron chi connectivity index (χ2n) is 8.14. The van der Waals surface area contributed by atoms with Gasteiger partial charge in [0.25, 0.3) is 0 Å². The van der Waals surface area contributed by atoms with Gasteiger partial charge in [0.15, 0.2) is 0 Å². The van der Waals surface area contributed by atoms with Gasteiger partial charge in [-0.2, -0.15) is 0 Å². The first-order valence-corrected chi connectivity index (χ1v) is 9.60. The van der Waals surface area contributed by atoms with Crippen LogP contribution in [0.4, 0.5) is 5.69 Å². The van der Waals surface area contributed by atoms with Crippen LogP contribution in [0.5, 0.6) is 5.75 Å². The van der Waals surface area contributed by atoms with E-state index in [1.54, 1.807) is 12.1 Å². The van der Waals surface area contributed by atoms with Gasteiger partial charge in [0.05, 0.1) is 13.2 Å². The fraction of sp³-hybridized carbons (Fsp3) is 0.619. The molecule has 5 nitrogen and oxygen atoms in total. The number of nitrogens with one attached hydrogen (secondary N) is 2. The van der Waals surface area contributed by atoms with Crippen molar-refractivity contribution in [3.8, 4) is 5.75 Å². The molecule has 0 heterocycles. The smallest absolute Gasteiger partial charge is 0.243 e. The maximum absolute atomic E-state index is 12.3. The van der Waals surface area contributed by atoms with Crippen molar-refractivity contribution in [1.29, 1.82) is 0 Å². The monoisotopic (exact) mass is 360 g/mol. The van der Waals surface area contributed by atoms with Gasteiger partial charge in [-0.25, -0.2) is 0 Å². The Morgan fingerprint density at radius 2 is 1.69 bits per heavy atom. The van der Waals surface area contributed by atoms with Crippen molar-refractivity contribution in [2.45, 2.75) is 53.4 Å². The fourth-order valence-electron chi connectivity index (χ4n) is 3.54. The van der Waals surface area contributed by atoms with E-state index in [2.05, 4.69) is 31.4 Å². The van der Waals surface area contributed by atoms with Crippen LogP contribution in [-0.2, 0) is 9.59 Å². The molecule has 26 heavy (non-hydrogen) atoms. The predicted octanol–water partition coefficient (Wildman–Crippen LogP) is 3.99. The van der Waals surface area contributed by atoms with Crippen LogP contribution in [0.1, 0.15) is 53.4 Å². The third kappa shape index (κ3) is 6.04. The van der Waals surface area contributed by atoms with Crippen molar-refractivity contribution in [3.05, 3.63) is 24.3 Å². The maximum Gasteiger partial charge on any atom is 0.243 e. The van der Waals surface area contributed by atoms with Crippen molar-refractivity contribution in [1.82, 2.24) is 5.32 Å². The largest absolute Gasteiger partial charge is 0.494 e. The Kier molecular flexibility index (Phi) is 7.06. The van der Waals surface area contributed by atoms with Crippen LogP contribution < -0.4 is 15.4 Å². The highest BCUT2D eigenvalue weighted by molar-refractivity contribution is 5.94. The van der Waals surface area contributed by atoms with E-state index in [-0.39, 0.29) is 24.3 Å². The SMILES string of the molecule is CCOc1ccc(NC(=O)CNC(=O)C2CCC(C(C)(C)C)CC2)cc1. The predicted molar refractivity (Wildman–Crippen MR) is 104 cm³/mol. The molecule has 1 aromatic carbocycles. The lowest BCUT2D eigenvalue weighted by Crippen LogP contribution is -2.39. The van der Waals surface area contributed by atoms with Gasteiger partial charge in [0.2, 0.25) is 11.8 Å². The van der Waals surface area contributed by atoms with Gasteiger partial charge in [-0.05, 0) is 68.2 Å². The summed E-state index contributed by atoms with van der Waals surface area (Å²) in [7, 11) is 0. The van der Waals surface area contributed by atoms with Gasteiger partial charge in [0.1, 0.15) is 5.75 Å². The number of hydrogen-bond acceptors (Lipinski definition) is 3. The van der Waals surface area contributed by atoms with E-state index >= 15 is 0 Å². The fourth-order valence-corrected chi connectivity index (χ4v) is 3.54. The molecule has 2 N–H and O–H groups in total. The molecule has 2 amide bonds. The second kappa shape index (κ2) is 9.06. The Bertz CT molecular complexity index is 597. The third-order valence-corrected chi connectivity index (χ3v) is 5.19. The summed E-state index contributed by atoms with van der Waals surface area (Å²) in [6, 6.07) is 7.20. The van der Waals surface area contributed by atoms with Gasteiger partial charge in [-0.15, -0.1) is 0 Å². The molecule has 1 fully saturated rings. The molecule has 0 bridgehead atoms. The number of hydrogen-bond donors (Lipinski definition) is 2. The minimum absolute atomic E-state index is 0.000738. The summed E-state index contributed by atoms with van der Waals surface area (Å²) in [5.41, 5.74) is 0.998. The standard InChI is InChI=1S/C21H32N2O3/c1-5-26-18-12-10-17(11-13-18)23-19(24)14-22-20(25)15-6-8-16(9-7-15)21(2,3)4/h10-13,15-16H,5-9,14H2,1-4H3,(H,22,25)(H,23,24). The Morgan fingerprint density at radius 3 is 2.23 bits per heavy atom. The van der Waals surface area contributed by atoms with E-state index in [1.165, 1.54) is 0 Å². The first kappa shape index (κ1) is 20.3. The Balaban J connectivity index is 1.72. The quantitative estimate of drug-likeness (QED) is 0.806. The number of carbonyl (C=O) groups is 2. The summed E-state index contributed by atoms with van der Waals surface area (Å²) in [6.45, 7) is 9.34. The zero-order chi connectivity index (χ0) is 19.2. The number of rotatable bonds is 6. The zero-order valence-electron chi connectivity index (χ0n) is 16.4. The van der Waals surface area contributed by atoms with Crippen LogP contribution in [0.2, 0.25) is 0 Å². The van der Waals surface area contributed by atoms with E-state index in [1.807, 2.05) is 19.1 Å². The first-order chi connectivity index (χ1) is 12.3. The van der Waals surface area contributed by atoms with Crippen LogP contribution >= 0.6 is 0 Å². The summed E-state index contributed by atoms with van der Waals surface area (Å²) in [6.07, 6.45) is 3.99. The molecule has 0 radical (unpaired) electrons. The lowest BCUT2D eigenvalue weighted by Gasteiger charge is -2.36. The molecule has 2 rings (SSSR count). The molecule has 1 aliphatic carbocycles. The lowest BCUT2D eigenvalue weighted by atomic mass is 9.70. The molecule has 1 aliphatic rings. The molecule has 0 aromatic heterocycles. The van der Waals surface area contributed by atoms with E-state index in [0.29, 0.717) is 23.6 Å². The number of carbonyl (C=O) groups excluding carboxylic acids is 2. The van der Waals surface area contributed by atoms with Gasteiger partial charge < -0.3 is 15.4 Å². The van der Waals surface area contributed by atoms with Crippen LogP contribution in [0, 0.1) is 17.3 Å². The van der Waals surface area contributed by atoms with Crippen LogP contribution in [-0.4, -0.2) is 25.0 Å². The summed E-state index contributed by atoms with van der Waals surface area (Å²) in [5, 5.41) is 5.57. The molecule has 1 aromatic rings. The summed E-state index contributed by atoms with van der Waals surface area (Å²) in [4.78, 5) is 24.4. The van der Waals surface area contributed by atoms with Gasteiger partial charge in [-0.3, -0.25) is 9.59 Å². The highest BCUT2D eigenvalue weighted by atomic mass is 16.5. The topological polar surface area (TPSA) is 67.4 Å². The van der Waals surface area contributed by atoms with E-state index in [0.717, 1.165) is 31.4 Å². The van der Waals surface area contributed by atoms with Crippen molar-refractivity contribution < 1.29 is 14.3 Å². The molecule has 0 saturated heterocycles. The second-order valence-corrected chi connectivity index (χ2v) is 8.14. The molecule has 0 aliphatic heterocycles. The minimum atomic E-state index is -0.217. The highest BCUT2D eigenvalue weighted by Crippen LogP contribution is 2.39. The van der Waals surface area contributed by atoms with Crippen molar-refractivity contribution in [2.24, 2.45) is 17.3 Å². The molecular formula is C21H32N2O3. The molecule has 5 heteroatoms. The van der Waals surface area contributed by atoms with Gasteiger partial charge in [0, 0.05) is 11.6 Å². The number of ether oxygens (including phenoxy) is 1. The van der Waals surface area contributed by atoms with Crippen LogP contribution in [0.15, 0.2) is 24.3 Å². The van der Waals surface area contributed by atoms with Crippen molar-refractivity contribution >= 4 is 17.5 Å². The Labute approximate surface area is 156 Å². The zero-order valence-corrected chi connectivity index (χ0v) is 16.4. The van der Waals surface area contributed by atoms with E-state index < -0.39 is 0 Å². The number of anilines is 1. The Morgan fingerprint density at radius 1 is 1.08 bits per heavy atom. The third-order valence-electron chi connectivity index (χ3n) is 5.19. The average molecular weight is 360 g/mol. The normalized spacial score (nSPS) is 20.3. The van der Waals surface area contributed by atoms with Crippen molar-refractivity contribution in [2.75, 3.05) is 18.5 Å². The van der Waals surface area contributed by atoms with E-state index in [9.17, 15) is 9.59 Å². The summed E-state index contributed by atoms with van der Waals surface area (Å²) < 4.78 is 5.37. The Hall–Kier alpha value is -2.04. The molecule has 0 spiro atoms. The lowest BCUT2D eigenvalue weighted by molar-refractivity contribution is -0.128. The number of benzene rings is 1. The first-order valence-electron chi connectivity index (χ1n) is 9.60. The highest BCUT2D eigenvalue weighted by Gasteiger charge is 2.32. The minimum Gasteiger partial charge on any atom is -0.494 e. The van der Waals surface area contributed by atoms with Gasteiger partial charge >= 0.3 is 0 Å². The van der Waals surface area contributed by atoms with E-state index in [4.69, 9.17) is 4.74 Å². The molecule has 1 saturated carbocycles. The molecular weight excluding hydrogens is 328 g/mol. The average Bonchev–Trinajstić information content (AvgIpc) is 2.61. The molecule has 0 atom stereocenters. The maximum atomic E-state index is 12.3. The summed E-state index contributed by atoms with van der Waals surface area (Å²) in [5.74, 6) is 1.26. The van der Waals surface area contributed by atoms with Gasteiger partial charge in [-0.1, -0.05) is 20.8 Å². The van der Waals surface area contributed by atoms with Crippen LogP contribution in [0.3, 0.4) is 0 Å². The van der Waals surface area contributed by atoms with Crippen LogP contribution in [0.25, 0.3) is 0 Å². The molecule has 0 unspecified atom stereocenters. The van der Waals surface area contributed by atoms with Crippen molar-refractivity contribution in [3.63, 3.8) is 0 Å². The summed E-state index contributed by atoms with van der Waals surface area (Å²) >= 11 is 0. The number of amides is 2.